The first-order valence-corrected chi connectivity index (χ1v) is 2.40. The fourth-order valence-corrected chi connectivity index (χ4v) is 0.511. The quantitative estimate of drug-likeness (QED) is 0.393. The van der Waals surface area contributed by atoms with E-state index in [1.54, 1.807) is 12.1 Å². The zero-order valence-electron chi connectivity index (χ0n) is 5.36. The molecule has 4 heteroatoms. The van der Waals surface area contributed by atoms with Gasteiger partial charge in [-0.3, -0.25) is 0 Å². The first kappa shape index (κ1) is 11.8. The van der Waals surface area contributed by atoms with Gasteiger partial charge in [0.1, 0.15) is 0 Å². The summed E-state index contributed by atoms with van der Waals surface area (Å²) in [6.45, 7) is 0. The number of hydrogen-bond donors (Lipinski definition) is 1. The van der Waals surface area contributed by atoms with Gasteiger partial charge in [-0.15, -0.1) is 0 Å². The van der Waals surface area contributed by atoms with Crippen molar-refractivity contribution in [2.45, 2.75) is 0 Å². The summed E-state index contributed by atoms with van der Waals surface area (Å²) < 4.78 is 0. The number of nitrogens with two attached hydrogens (primary N) is 1. The van der Waals surface area contributed by atoms with Crippen molar-refractivity contribution in [3.05, 3.63) is 24.3 Å². The van der Waals surface area contributed by atoms with Crippen LogP contribution in [-0.4, -0.2) is 18.8 Å². The predicted molar refractivity (Wildman–Crippen MR) is 40.1 cm³/mol. The Hall–Kier alpha value is -0.995. The molecule has 0 fully saturated rings. The molecule has 52 valence electrons. The molecule has 0 unspecified atom stereocenters. The van der Waals surface area contributed by atoms with Crippen molar-refractivity contribution < 1.29 is 11.0 Å². The van der Waals surface area contributed by atoms with E-state index >= 15 is 0 Å². The second-order valence-electron chi connectivity index (χ2n) is 1.63. The van der Waals surface area contributed by atoms with E-state index < -0.39 is 0 Å². The van der Waals surface area contributed by atoms with Crippen LogP contribution in [0.4, 0.5) is 5.69 Å². The van der Waals surface area contributed by atoms with Gasteiger partial charge in [0.15, 0.2) is 0 Å². The maximum absolute atomic E-state index is 5.39. The smallest absolute Gasteiger partial charge is 0.870 e. The van der Waals surface area contributed by atoms with Crippen LogP contribution in [0, 0.1) is 0 Å². The molecular weight excluding hydrogens is 129 g/mol. The van der Waals surface area contributed by atoms with Gasteiger partial charge in [0.05, 0.1) is 0 Å². The molecule has 0 atom stereocenters. The van der Waals surface area contributed by atoms with Crippen LogP contribution in [0.1, 0.15) is 0 Å². The van der Waals surface area contributed by atoms with E-state index in [1.165, 1.54) is 0 Å². The number of nitrogen functional groups attached to an aromatic ring is 1. The fraction of sp³-hybridized carbons (Fsp3) is 0. The van der Waals surface area contributed by atoms with Crippen LogP contribution in [0.15, 0.2) is 24.3 Å². The molecule has 0 saturated carbocycles. The predicted octanol–water partition coefficient (Wildman–Crippen LogP) is -0.291. The van der Waals surface area contributed by atoms with Crippen molar-refractivity contribution in [2.24, 2.45) is 0 Å². The molecule has 0 saturated heterocycles. The minimum atomic E-state index is 0. The topological polar surface area (TPSA) is 86.0 Å². The Kier molecular flexibility index (Phi) is 5.70. The average Bonchev–Trinajstić information content (AvgIpc) is 1.77. The minimum absolute atomic E-state index is 0. The third-order valence-electron chi connectivity index (χ3n) is 0.996. The van der Waals surface area contributed by atoms with E-state index in [2.05, 4.69) is 0 Å². The van der Waals surface area contributed by atoms with E-state index in [0.717, 1.165) is 0 Å². The van der Waals surface area contributed by atoms with Crippen LogP contribution in [-0.2, 0) is 0 Å². The van der Waals surface area contributed by atoms with Gasteiger partial charge < -0.3 is 11.0 Å². The van der Waals surface area contributed by atoms with Crippen molar-refractivity contribution in [3.63, 3.8) is 0 Å². The molecule has 0 bridgehead atoms. The van der Waals surface area contributed by atoms with Crippen molar-refractivity contribution in [3.8, 4) is 0 Å². The van der Waals surface area contributed by atoms with Crippen LogP contribution in [0.3, 0.4) is 0 Å². The van der Waals surface area contributed by atoms with Gasteiger partial charge >= 0.3 is 49.0 Å². The number of rotatable bonds is 0. The standard InChI is InChI=1S/C6H6BN.2H2O/c7-5-3-1-2-4-6(5)8;;/h1-4H,8H2;2*1H2/q+2;;/p-2. The minimum Gasteiger partial charge on any atom is -0.870 e. The van der Waals surface area contributed by atoms with E-state index in [9.17, 15) is 0 Å². The third kappa shape index (κ3) is 2.52. The molecule has 0 radical (unpaired) electrons. The van der Waals surface area contributed by atoms with Gasteiger partial charge in [-0.1, -0.05) is 0 Å². The Balaban J connectivity index is 0. The number of anilines is 1. The Morgan fingerprint density at radius 3 is 1.90 bits per heavy atom. The Labute approximate surface area is 60.9 Å². The molecule has 4 N–H and O–H groups in total. The van der Waals surface area contributed by atoms with Crippen molar-refractivity contribution >= 4 is 19.0 Å². The van der Waals surface area contributed by atoms with Crippen LogP contribution in [0.5, 0.6) is 0 Å². The van der Waals surface area contributed by atoms with Crippen LogP contribution in [0.2, 0.25) is 0 Å². The second kappa shape index (κ2) is 4.84. The van der Waals surface area contributed by atoms with E-state index in [0.29, 0.717) is 11.2 Å². The molecule has 0 aliphatic carbocycles. The SMILES string of the molecule is [B+2]c1ccccc1N.[OH-].[OH-]. The molecule has 0 aliphatic heterocycles. The molecule has 3 nitrogen and oxygen atoms in total. The number of para-hydroxylation sites is 1. The number of benzene rings is 1. The van der Waals surface area contributed by atoms with E-state index in [-0.39, 0.29) is 11.0 Å². The summed E-state index contributed by atoms with van der Waals surface area (Å²) in [7, 11) is 5.39. The molecule has 0 amide bonds. The second-order valence-corrected chi connectivity index (χ2v) is 1.63. The van der Waals surface area contributed by atoms with E-state index in [1.807, 2.05) is 12.1 Å². The summed E-state index contributed by atoms with van der Waals surface area (Å²) in [6, 6.07) is 7.25. The molecule has 0 spiro atoms. The van der Waals surface area contributed by atoms with Crippen LogP contribution >= 0.6 is 0 Å². The van der Waals surface area contributed by atoms with Gasteiger partial charge in [0.2, 0.25) is 0 Å². The summed E-state index contributed by atoms with van der Waals surface area (Å²) in [5, 5.41) is 0. The molecule has 0 aromatic heterocycles. The summed E-state index contributed by atoms with van der Waals surface area (Å²) in [6.07, 6.45) is 0. The van der Waals surface area contributed by atoms with Gasteiger partial charge in [-0.25, -0.2) is 0 Å². The van der Waals surface area contributed by atoms with Gasteiger partial charge in [0.25, 0.3) is 0 Å². The summed E-state index contributed by atoms with van der Waals surface area (Å²) in [4.78, 5) is 0. The van der Waals surface area contributed by atoms with Crippen molar-refractivity contribution in [1.82, 2.24) is 0 Å². The fourth-order valence-electron chi connectivity index (χ4n) is 0.511. The number of hydrogen-bond acceptors (Lipinski definition) is 3. The Morgan fingerprint density at radius 1 is 1.10 bits per heavy atom. The van der Waals surface area contributed by atoms with Gasteiger partial charge in [-0.2, -0.15) is 0 Å². The zero-order chi connectivity index (χ0) is 5.98. The first-order chi connectivity index (χ1) is 3.80. The first-order valence-electron chi connectivity index (χ1n) is 2.40. The molecule has 10 heavy (non-hydrogen) atoms. The van der Waals surface area contributed by atoms with Crippen molar-refractivity contribution in [2.75, 3.05) is 5.73 Å². The van der Waals surface area contributed by atoms with Gasteiger partial charge in [-0.05, 0) is 0 Å². The molecule has 0 heterocycles. The third-order valence-corrected chi connectivity index (χ3v) is 0.996. The van der Waals surface area contributed by atoms with Crippen molar-refractivity contribution in [1.29, 1.82) is 0 Å². The van der Waals surface area contributed by atoms with Gasteiger partial charge in [0, 0.05) is 0 Å². The molecular formula is C6H8BNO2. The largest absolute Gasteiger partial charge is 0.870 e. The van der Waals surface area contributed by atoms with E-state index in [4.69, 9.17) is 13.6 Å². The molecule has 1 aromatic rings. The van der Waals surface area contributed by atoms with Crippen LogP contribution < -0.4 is 11.2 Å². The zero-order valence-corrected chi connectivity index (χ0v) is 5.36. The van der Waals surface area contributed by atoms with Crippen LogP contribution in [0.25, 0.3) is 0 Å². The summed E-state index contributed by atoms with van der Waals surface area (Å²) in [5.74, 6) is 0. The Bertz CT molecular complexity index is 172. The molecule has 1 aromatic carbocycles. The maximum atomic E-state index is 5.39. The summed E-state index contributed by atoms with van der Waals surface area (Å²) >= 11 is 0. The maximum Gasteiger partial charge on any atom is -0.870 e. The molecule has 0 aliphatic rings. The average molecular weight is 137 g/mol. The molecule has 1 rings (SSSR count). The summed E-state index contributed by atoms with van der Waals surface area (Å²) in [5.41, 5.74) is 6.69. The monoisotopic (exact) mass is 137 g/mol. The Morgan fingerprint density at radius 2 is 1.60 bits per heavy atom. The normalized spacial score (nSPS) is 7.40.